The number of likely N-dealkylation sites (tertiary alicyclic amines) is 1. The minimum Gasteiger partial charge on any atom is -0.372 e. The van der Waals surface area contributed by atoms with Crippen molar-refractivity contribution in [2.75, 3.05) is 36.4 Å². The number of carbonyl (C=O) groups excluding carboxylic acids is 2. The Morgan fingerprint density at radius 3 is 2.28 bits per heavy atom. The zero-order chi connectivity index (χ0) is 18.6. The van der Waals surface area contributed by atoms with E-state index in [1.54, 1.807) is 4.90 Å². The summed E-state index contributed by atoms with van der Waals surface area (Å²) >= 11 is 0. The molecule has 0 radical (unpaired) electrons. The molecule has 0 saturated carbocycles. The molecule has 2 unspecified atom stereocenters. The lowest BCUT2D eigenvalue weighted by Gasteiger charge is -2.34. The Morgan fingerprint density at radius 1 is 1.16 bits per heavy atom. The van der Waals surface area contributed by atoms with Crippen molar-refractivity contribution in [1.29, 1.82) is 0 Å². The molecular weight excluding hydrogens is 314 g/mol. The molecule has 2 rings (SSSR count). The van der Waals surface area contributed by atoms with Crippen LogP contribution >= 0.6 is 0 Å². The van der Waals surface area contributed by atoms with Crippen LogP contribution in [0.2, 0.25) is 0 Å². The van der Waals surface area contributed by atoms with E-state index in [0.717, 1.165) is 30.8 Å². The quantitative estimate of drug-likeness (QED) is 0.852. The number of anilines is 2. The van der Waals surface area contributed by atoms with Crippen molar-refractivity contribution in [3.63, 3.8) is 0 Å². The maximum absolute atomic E-state index is 12.5. The largest absolute Gasteiger partial charge is 0.372 e. The van der Waals surface area contributed by atoms with Gasteiger partial charge in [-0.05, 0) is 62.8 Å². The van der Waals surface area contributed by atoms with E-state index in [4.69, 9.17) is 0 Å². The Kier molecular flexibility index (Phi) is 6.45. The topological polar surface area (TPSA) is 52.7 Å². The number of rotatable bonds is 4. The second kappa shape index (κ2) is 8.37. The number of carbonyl (C=O) groups is 2. The second-order valence-corrected chi connectivity index (χ2v) is 7.28. The second-order valence-electron chi connectivity index (χ2n) is 7.28. The molecule has 5 heteroatoms. The van der Waals surface area contributed by atoms with Crippen molar-refractivity contribution in [2.45, 2.75) is 41.0 Å². The number of aryl methyl sites for hydroxylation is 1. The van der Waals surface area contributed by atoms with Crippen LogP contribution in [0.3, 0.4) is 0 Å². The summed E-state index contributed by atoms with van der Waals surface area (Å²) < 4.78 is 0. The first-order chi connectivity index (χ1) is 11.8. The minimum absolute atomic E-state index is 0.425. The van der Waals surface area contributed by atoms with Crippen LogP contribution in [0.5, 0.6) is 0 Å². The molecule has 0 spiro atoms. The van der Waals surface area contributed by atoms with Crippen LogP contribution in [-0.2, 0) is 9.59 Å². The fourth-order valence-electron chi connectivity index (χ4n) is 3.72. The summed E-state index contributed by atoms with van der Waals surface area (Å²) in [5, 5.41) is 2.79. The summed E-state index contributed by atoms with van der Waals surface area (Å²) in [6.45, 7) is 13.7. The molecule has 138 valence electrons. The molecule has 0 aliphatic carbocycles. The third-order valence-electron chi connectivity index (χ3n) is 4.94. The zero-order valence-electron chi connectivity index (χ0n) is 16.1. The van der Waals surface area contributed by atoms with E-state index in [1.165, 1.54) is 0 Å². The van der Waals surface area contributed by atoms with Crippen molar-refractivity contribution in [3.8, 4) is 0 Å². The number of amides is 2. The van der Waals surface area contributed by atoms with E-state index < -0.39 is 11.8 Å². The number of benzene rings is 1. The highest BCUT2D eigenvalue weighted by molar-refractivity contribution is 6.39. The normalized spacial score (nSPS) is 20.3. The molecule has 1 fully saturated rings. The van der Waals surface area contributed by atoms with Crippen LogP contribution < -0.4 is 10.2 Å². The van der Waals surface area contributed by atoms with Crippen molar-refractivity contribution in [2.24, 2.45) is 11.8 Å². The third kappa shape index (κ3) is 4.74. The number of nitrogens with zero attached hydrogens (tertiary/aromatic N) is 2. The molecule has 1 saturated heterocycles. The lowest BCUT2D eigenvalue weighted by molar-refractivity contribution is -0.144. The summed E-state index contributed by atoms with van der Waals surface area (Å²) in [4.78, 5) is 28.8. The molecule has 0 bridgehead atoms. The number of nitrogens with one attached hydrogen (secondary N) is 1. The van der Waals surface area contributed by atoms with E-state index in [-0.39, 0.29) is 0 Å². The molecule has 5 nitrogen and oxygen atoms in total. The molecule has 1 aromatic carbocycles. The van der Waals surface area contributed by atoms with Crippen molar-refractivity contribution >= 4 is 23.2 Å². The van der Waals surface area contributed by atoms with Gasteiger partial charge in [-0.15, -0.1) is 0 Å². The van der Waals surface area contributed by atoms with E-state index in [2.05, 4.69) is 44.0 Å². The lowest BCUT2D eigenvalue weighted by atomic mass is 9.92. The highest BCUT2D eigenvalue weighted by atomic mass is 16.2. The zero-order valence-corrected chi connectivity index (χ0v) is 16.1. The van der Waals surface area contributed by atoms with Gasteiger partial charge in [-0.25, -0.2) is 0 Å². The first kappa shape index (κ1) is 19.3. The molecule has 2 amide bonds. The fraction of sp³-hybridized carbons (Fsp3) is 0.600. The van der Waals surface area contributed by atoms with Crippen LogP contribution in [0.15, 0.2) is 18.2 Å². The van der Waals surface area contributed by atoms with Gasteiger partial charge in [0.25, 0.3) is 0 Å². The molecule has 1 aliphatic heterocycles. The standard InChI is InChI=1S/C20H31N3O2/c1-6-22(7-2)17-8-9-18(16(5)11-17)21-19(24)20(25)23-12-14(3)10-15(4)13-23/h8-9,11,14-15H,6-7,10,12-13H2,1-5H3,(H,21,24). The van der Waals surface area contributed by atoms with Crippen LogP contribution in [0.1, 0.15) is 39.7 Å². The Labute approximate surface area is 151 Å². The summed E-state index contributed by atoms with van der Waals surface area (Å²) in [7, 11) is 0. The van der Waals surface area contributed by atoms with Crippen molar-refractivity contribution in [1.82, 2.24) is 4.90 Å². The van der Waals surface area contributed by atoms with E-state index >= 15 is 0 Å². The van der Waals surface area contributed by atoms with Crippen LogP contribution in [0.4, 0.5) is 11.4 Å². The maximum Gasteiger partial charge on any atom is 0.313 e. The molecular formula is C20H31N3O2. The predicted molar refractivity (Wildman–Crippen MR) is 103 cm³/mol. The van der Waals surface area contributed by atoms with E-state index in [9.17, 15) is 9.59 Å². The van der Waals surface area contributed by atoms with E-state index in [1.807, 2.05) is 19.1 Å². The van der Waals surface area contributed by atoms with Gasteiger partial charge >= 0.3 is 11.8 Å². The first-order valence-corrected chi connectivity index (χ1v) is 9.31. The molecule has 1 aromatic rings. The molecule has 1 heterocycles. The fourth-order valence-corrected chi connectivity index (χ4v) is 3.72. The molecule has 25 heavy (non-hydrogen) atoms. The number of hydrogen-bond donors (Lipinski definition) is 1. The average molecular weight is 345 g/mol. The Morgan fingerprint density at radius 2 is 1.76 bits per heavy atom. The van der Waals surface area contributed by atoms with Crippen LogP contribution in [-0.4, -0.2) is 42.9 Å². The molecule has 1 N–H and O–H groups in total. The van der Waals surface area contributed by atoms with Crippen LogP contribution in [0, 0.1) is 18.8 Å². The van der Waals surface area contributed by atoms with E-state index in [0.29, 0.717) is 30.6 Å². The Balaban J connectivity index is 2.06. The third-order valence-corrected chi connectivity index (χ3v) is 4.94. The predicted octanol–water partition coefficient (Wildman–Crippen LogP) is 3.28. The van der Waals surface area contributed by atoms with Gasteiger partial charge in [0.1, 0.15) is 0 Å². The molecule has 2 atom stereocenters. The Bertz CT molecular complexity index is 615. The van der Waals surface area contributed by atoms with Crippen LogP contribution in [0.25, 0.3) is 0 Å². The minimum atomic E-state index is -0.542. The smallest absolute Gasteiger partial charge is 0.313 e. The monoisotopic (exact) mass is 345 g/mol. The number of hydrogen-bond acceptors (Lipinski definition) is 3. The summed E-state index contributed by atoms with van der Waals surface area (Å²) in [5.74, 6) is -0.0863. The maximum atomic E-state index is 12.5. The highest BCUT2D eigenvalue weighted by Gasteiger charge is 2.29. The van der Waals surface area contributed by atoms with Gasteiger partial charge in [0, 0.05) is 37.6 Å². The van der Waals surface area contributed by atoms with Crippen molar-refractivity contribution in [3.05, 3.63) is 23.8 Å². The van der Waals surface area contributed by atoms with Gasteiger partial charge in [-0.3, -0.25) is 9.59 Å². The van der Waals surface area contributed by atoms with Crippen molar-refractivity contribution < 1.29 is 9.59 Å². The van der Waals surface area contributed by atoms with Gasteiger partial charge in [0.05, 0.1) is 0 Å². The molecule has 0 aromatic heterocycles. The Hall–Kier alpha value is -2.04. The SMILES string of the molecule is CCN(CC)c1ccc(NC(=O)C(=O)N2CC(C)CC(C)C2)c(C)c1. The van der Waals surface area contributed by atoms with Gasteiger partial charge in [0.2, 0.25) is 0 Å². The van der Waals surface area contributed by atoms with Gasteiger partial charge < -0.3 is 15.1 Å². The van der Waals surface area contributed by atoms with Gasteiger partial charge in [-0.2, -0.15) is 0 Å². The molecule has 1 aliphatic rings. The lowest BCUT2D eigenvalue weighted by Crippen LogP contribution is -2.47. The number of piperidine rings is 1. The summed E-state index contributed by atoms with van der Waals surface area (Å²) in [6.07, 6.45) is 1.11. The summed E-state index contributed by atoms with van der Waals surface area (Å²) in [5.41, 5.74) is 2.80. The average Bonchev–Trinajstić information content (AvgIpc) is 2.56. The first-order valence-electron chi connectivity index (χ1n) is 9.31. The highest BCUT2D eigenvalue weighted by Crippen LogP contribution is 2.24. The van der Waals surface area contributed by atoms with Gasteiger partial charge in [0.15, 0.2) is 0 Å². The van der Waals surface area contributed by atoms with Gasteiger partial charge in [-0.1, -0.05) is 13.8 Å². The summed E-state index contributed by atoms with van der Waals surface area (Å²) in [6, 6.07) is 5.93.